The number of halogens is 2. The summed E-state index contributed by atoms with van der Waals surface area (Å²) in [5, 5.41) is 0.397. The van der Waals surface area contributed by atoms with Crippen LogP contribution in [-0.4, -0.2) is 27.8 Å². The van der Waals surface area contributed by atoms with Crippen molar-refractivity contribution in [2.75, 3.05) is 13.3 Å². The molecule has 0 unspecified atom stereocenters. The van der Waals surface area contributed by atoms with Crippen LogP contribution >= 0.6 is 11.6 Å². The van der Waals surface area contributed by atoms with E-state index in [1.807, 2.05) is 42.6 Å². The van der Waals surface area contributed by atoms with Gasteiger partial charge in [0.1, 0.15) is 11.6 Å². The second-order valence-corrected chi connectivity index (χ2v) is 9.75. The summed E-state index contributed by atoms with van der Waals surface area (Å²) in [5.41, 5.74) is 3.74. The molecule has 7 heteroatoms. The van der Waals surface area contributed by atoms with Crippen molar-refractivity contribution in [3.8, 4) is 22.9 Å². The average Bonchev–Trinajstić information content (AvgIpc) is 3.56. The molecule has 0 radical (unpaired) electrons. The zero-order chi connectivity index (χ0) is 26.3. The molecule has 3 aromatic carbocycles. The molecule has 0 spiro atoms. The molecule has 5 rings (SSSR count). The van der Waals surface area contributed by atoms with Gasteiger partial charge >= 0.3 is 0 Å². The molecule has 0 N–H and O–H groups in total. The first-order valence-corrected chi connectivity index (χ1v) is 13.3. The molecule has 196 valence electrons. The smallest absolute Gasteiger partial charge is 0.231 e. The highest BCUT2D eigenvalue weighted by atomic mass is 35.5. The Morgan fingerprint density at radius 3 is 2.68 bits per heavy atom. The highest BCUT2D eigenvalue weighted by Gasteiger charge is 2.17. The Kier molecular flexibility index (Phi) is 8.41. The fraction of sp³-hybridized carbons (Fsp3) is 0.258. The number of benzene rings is 3. The minimum Gasteiger partial charge on any atom is -0.454 e. The summed E-state index contributed by atoms with van der Waals surface area (Å²) >= 11 is 6.25. The zero-order valence-corrected chi connectivity index (χ0v) is 22.2. The Morgan fingerprint density at radius 2 is 1.87 bits per heavy atom. The molecule has 1 aliphatic rings. The Balaban J connectivity index is 1.42. The van der Waals surface area contributed by atoms with E-state index < -0.39 is 0 Å². The number of ether oxygens (including phenoxy) is 2. The number of imidazole rings is 1. The van der Waals surface area contributed by atoms with Gasteiger partial charge in [-0.3, -0.25) is 4.90 Å². The largest absolute Gasteiger partial charge is 0.454 e. The third-order valence-corrected chi connectivity index (χ3v) is 6.91. The van der Waals surface area contributed by atoms with Crippen LogP contribution in [0, 0.1) is 5.82 Å². The summed E-state index contributed by atoms with van der Waals surface area (Å²) in [7, 11) is 0. The summed E-state index contributed by atoms with van der Waals surface area (Å²) in [6, 6.07) is 21.1. The van der Waals surface area contributed by atoms with E-state index in [1.165, 1.54) is 6.07 Å². The van der Waals surface area contributed by atoms with Crippen LogP contribution in [0.5, 0.6) is 11.5 Å². The molecular formula is C31H31ClFN3O2. The van der Waals surface area contributed by atoms with E-state index in [0.717, 1.165) is 53.5 Å². The van der Waals surface area contributed by atoms with E-state index >= 15 is 0 Å². The molecule has 1 aliphatic heterocycles. The first-order chi connectivity index (χ1) is 18.6. The first kappa shape index (κ1) is 26.0. The van der Waals surface area contributed by atoms with Crippen molar-refractivity contribution in [2.24, 2.45) is 0 Å². The van der Waals surface area contributed by atoms with Crippen molar-refractivity contribution in [1.82, 2.24) is 14.5 Å². The minimum atomic E-state index is -0.332. The summed E-state index contributed by atoms with van der Waals surface area (Å²) < 4.78 is 27.7. The second-order valence-electron chi connectivity index (χ2n) is 9.34. The lowest BCUT2D eigenvalue weighted by atomic mass is 10.1. The van der Waals surface area contributed by atoms with E-state index in [9.17, 15) is 4.39 Å². The number of unbranched alkanes of at least 4 members (excludes halogenated alkanes) is 1. The number of aromatic nitrogens is 2. The van der Waals surface area contributed by atoms with Gasteiger partial charge in [0.2, 0.25) is 6.79 Å². The highest BCUT2D eigenvalue weighted by Crippen LogP contribution is 2.33. The van der Waals surface area contributed by atoms with Gasteiger partial charge in [-0.15, -0.1) is 0 Å². The molecule has 0 atom stereocenters. The summed E-state index contributed by atoms with van der Waals surface area (Å²) in [6.45, 7) is 5.28. The van der Waals surface area contributed by atoms with Gasteiger partial charge in [-0.1, -0.05) is 79.6 Å². The van der Waals surface area contributed by atoms with Crippen LogP contribution in [0.15, 0.2) is 79.0 Å². The van der Waals surface area contributed by atoms with Gasteiger partial charge in [-0.05, 0) is 36.2 Å². The van der Waals surface area contributed by atoms with Gasteiger partial charge in [0.25, 0.3) is 0 Å². The number of fused-ring (bicyclic) bond motifs is 1. The van der Waals surface area contributed by atoms with Crippen molar-refractivity contribution in [3.05, 3.63) is 107 Å². The lowest BCUT2D eigenvalue weighted by Gasteiger charge is -2.22. The standard InChI is InChI=1S/C31H31ClFN3O2/c1-2-3-17-36-25(19-34-31(36)24-9-5-4-6-10-24)21-35(16-8-11-26-27(32)12-7-13-28(26)33)20-23-14-15-29-30(18-23)38-22-37-29/h4-15,18-19H,2-3,16-17,20-22H2,1H3/b11-8+. The van der Waals surface area contributed by atoms with Gasteiger partial charge in [0.05, 0.1) is 16.9 Å². The van der Waals surface area contributed by atoms with Crippen LogP contribution in [-0.2, 0) is 19.6 Å². The number of hydrogen-bond acceptors (Lipinski definition) is 4. The maximum atomic E-state index is 14.3. The van der Waals surface area contributed by atoms with Crippen molar-refractivity contribution in [1.29, 1.82) is 0 Å². The first-order valence-electron chi connectivity index (χ1n) is 12.9. The molecule has 0 fully saturated rings. The molecular weight excluding hydrogens is 501 g/mol. The van der Waals surface area contributed by atoms with Gasteiger partial charge in [-0.2, -0.15) is 0 Å². The van der Waals surface area contributed by atoms with Crippen molar-refractivity contribution in [2.45, 2.75) is 39.4 Å². The maximum Gasteiger partial charge on any atom is 0.231 e. The number of hydrogen-bond donors (Lipinski definition) is 0. The topological polar surface area (TPSA) is 39.5 Å². The third-order valence-electron chi connectivity index (χ3n) is 6.58. The quantitative estimate of drug-likeness (QED) is 0.200. The molecule has 2 heterocycles. The SMILES string of the molecule is CCCCn1c(CN(C/C=C/c2c(F)cccc2Cl)Cc2ccc3c(c2)OCO3)cnc1-c1ccccc1. The van der Waals surface area contributed by atoms with E-state index in [1.54, 1.807) is 18.2 Å². The predicted molar refractivity (Wildman–Crippen MR) is 150 cm³/mol. The minimum absolute atomic E-state index is 0.244. The average molecular weight is 532 g/mol. The molecule has 4 aromatic rings. The van der Waals surface area contributed by atoms with Crippen molar-refractivity contribution in [3.63, 3.8) is 0 Å². The molecule has 5 nitrogen and oxygen atoms in total. The summed E-state index contributed by atoms with van der Waals surface area (Å²) in [4.78, 5) is 7.12. The normalized spacial score (nSPS) is 12.6. The van der Waals surface area contributed by atoms with Crippen molar-refractivity contribution >= 4 is 17.7 Å². The van der Waals surface area contributed by atoms with E-state index in [-0.39, 0.29) is 12.6 Å². The fourth-order valence-electron chi connectivity index (χ4n) is 4.62. The Labute approximate surface area is 228 Å². The van der Waals surface area contributed by atoms with Crippen LogP contribution in [0.1, 0.15) is 36.6 Å². The zero-order valence-electron chi connectivity index (χ0n) is 21.4. The Bertz CT molecular complexity index is 1380. The van der Waals surface area contributed by atoms with E-state index in [2.05, 4.69) is 34.6 Å². The highest BCUT2D eigenvalue weighted by molar-refractivity contribution is 6.32. The molecule has 0 saturated carbocycles. The van der Waals surface area contributed by atoms with E-state index in [0.29, 0.717) is 30.2 Å². The van der Waals surface area contributed by atoms with Gasteiger partial charge < -0.3 is 14.0 Å². The maximum absolute atomic E-state index is 14.3. The lowest BCUT2D eigenvalue weighted by molar-refractivity contribution is 0.174. The predicted octanol–water partition coefficient (Wildman–Crippen LogP) is 7.59. The molecule has 0 amide bonds. The lowest BCUT2D eigenvalue weighted by Crippen LogP contribution is -2.24. The monoisotopic (exact) mass is 531 g/mol. The molecule has 0 saturated heterocycles. The van der Waals surface area contributed by atoms with Crippen LogP contribution in [0.2, 0.25) is 5.02 Å². The van der Waals surface area contributed by atoms with Crippen LogP contribution in [0.4, 0.5) is 4.39 Å². The van der Waals surface area contributed by atoms with Crippen LogP contribution in [0.3, 0.4) is 0 Å². The Morgan fingerprint density at radius 1 is 1.03 bits per heavy atom. The van der Waals surface area contributed by atoms with Crippen LogP contribution in [0.25, 0.3) is 17.5 Å². The van der Waals surface area contributed by atoms with Gasteiger partial charge in [0.15, 0.2) is 11.5 Å². The molecule has 1 aromatic heterocycles. The third kappa shape index (κ3) is 6.09. The number of rotatable bonds is 11. The molecule has 0 bridgehead atoms. The van der Waals surface area contributed by atoms with Gasteiger partial charge in [0, 0.05) is 37.3 Å². The van der Waals surface area contributed by atoms with Crippen molar-refractivity contribution < 1.29 is 13.9 Å². The Hall–Kier alpha value is -3.61. The molecule has 38 heavy (non-hydrogen) atoms. The summed E-state index contributed by atoms with van der Waals surface area (Å²) in [5.74, 6) is 2.17. The fourth-order valence-corrected chi connectivity index (χ4v) is 4.85. The summed E-state index contributed by atoms with van der Waals surface area (Å²) in [6.07, 6.45) is 7.86. The van der Waals surface area contributed by atoms with Gasteiger partial charge in [-0.25, -0.2) is 9.37 Å². The van der Waals surface area contributed by atoms with E-state index in [4.69, 9.17) is 26.1 Å². The number of nitrogens with zero attached hydrogens (tertiary/aromatic N) is 3. The molecule has 0 aliphatic carbocycles. The van der Waals surface area contributed by atoms with Crippen LogP contribution < -0.4 is 9.47 Å². The second kappa shape index (κ2) is 12.3.